The van der Waals surface area contributed by atoms with Crippen molar-refractivity contribution in [2.24, 2.45) is 7.05 Å². The van der Waals surface area contributed by atoms with Crippen LogP contribution in [0.2, 0.25) is 0 Å². The number of aromatic nitrogens is 3. The van der Waals surface area contributed by atoms with Crippen molar-refractivity contribution < 1.29 is 9.53 Å². The smallest absolute Gasteiger partial charge is 0.255 e. The second kappa shape index (κ2) is 6.18. The summed E-state index contributed by atoms with van der Waals surface area (Å²) in [7, 11) is 1.84. The highest BCUT2D eigenvalue weighted by atomic mass is 32.1. The molecule has 1 aliphatic rings. The lowest BCUT2D eigenvalue weighted by Crippen LogP contribution is -2.27. The minimum absolute atomic E-state index is 0.102. The second-order valence-electron chi connectivity index (χ2n) is 5.67. The number of ether oxygens (including phenoxy) is 1. The molecule has 1 fully saturated rings. The molecule has 1 saturated heterocycles. The maximum atomic E-state index is 12.6. The molecule has 0 saturated carbocycles. The highest BCUT2D eigenvalue weighted by Gasteiger charge is 2.27. The van der Waals surface area contributed by atoms with Crippen LogP contribution in [0.5, 0.6) is 0 Å². The number of thiazole rings is 1. The van der Waals surface area contributed by atoms with Gasteiger partial charge in [0.1, 0.15) is 5.01 Å². The number of carbonyl (C=O) groups is 1. The standard InChI is InChI=1S/C15H20N4O2S/c1-9-6-16-15(22-9)10(2)17-14(20)12-7-19(3)18-13(12)11-4-5-21-8-11/h6-7,10-11H,4-5,8H2,1-3H3,(H,17,20)/t10-,11-/m0/s1. The van der Waals surface area contributed by atoms with Crippen molar-refractivity contribution in [2.45, 2.75) is 32.2 Å². The van der Waals surface area contributed by atoms with Gasteiger partial charge in [0.2, 0.25) is 0 Å². The first kappa shape index (κ1) is 15.2. The number of hydrogen-bond donors (Lipinski definition) is 1. The van der Waals surface area contributed by atoms with Crippen molar-refractivity contribution in [3.8, 4) is 0 Å². The average molecular weight is 320 g/mol. The largest absolute Gasteiger partial charge is 0.381 e. The molecule has 3 heterocycles. The molecule has 22 heavy (non-hydrogen) atoms. The van der Waals surface area contributed by atoms with Crippen molar-refractivity contribution in [1.29, 1.82) is 0 Å². The summed E-state index contributed by atoms with van der Waals surface area (Å²) >= 11 is 1.60. The van der Waals surface area contributed by atoms with Crippen molar-refractivity contribution >= 4 is 17.2 Å². The summed E-state index contributed by atoms with van der Waals surface area (Å²) in [5.74, 6) is 0.106. The Morgan fingerprint density at radius 2 is 2.41 bits per heavy atom. The Kier molecular flexibility index (Phi) is 4.26. The quantitative estimate of drug-likeness (QED) is 0.937. The lowest BCUT2D eigenvalue weighted by Gasteiger charge is -2.12. The van der Waals surface area contributed by atoms with Gasteiger partial charge in [0.15, 0.2) is 0 Å². The summed E-state index contributed by atoms with van der Waals surface area (Å²) < 4.78 is 7.11. The predicted molar refractivity (Wildman–Crippen MR) is 84.1 cm³/mol. The monoisotopic (exact) mass is 320 g/mol. The molecule has 2 aromatic rings. The first-order valence-electron chi connectivity index (χ1n) is 7.39. The normalized spacial score (nSPS) is 19.3. The Balaban J connectivity index is 1.77. The van der Waals surface area contributed by atoms with E-state index in [9.17, 15) is 4.79 Å². The highest BCUT2D eigenvalue weighted by molar-refractivity contribution is 7.11. The molecular weight excluding hydrogens is 300 g/mol. The third-order valence-electron chi connectivity index (χ3n) is 3.78. The minimum atomic E-state index is -0.112. The van der Waals surface area contributed by atoms with Gasteiger partial charge in [0.05, 0.1) is 23.9 Å². The number of hydrogen-bond acceptors (Lipinski definition) is 5. The maximum Gasteiger partial charge on any atom is 0.255 e. The van der Waals surface area contributed by atoms with Gasteiger partial charge in [-0.1, -0.05) is 0 Å². The van der Waals surface area contributed by atoms with Crippen LogP contribution >= 0.6 is 11.3 Å². The lowest BCUT2D eigenvalue weighted by molar-refractivity contribution is 0.0938. The van der Waals surface area contributed by atoms with Crippen LogP contribution in [0.4, 0.5) is 0 Å². The Labute approximate surface area is 133 Å². The fraction of sp³-hybridized carbons (Fsp3) is 0.533. The SMILES string of the molecule is Cc1cnc([C@H](C)NC(=O)c2cn(C)nc2[C@H]2CCOC2)s1. The molecule has 118 valence electrons. The van der Waals surface area contributed by atoms with Crippen LogP contribution in [0.1, 0.15) is 51.2 Å². The van der Waals surface area contributed by atoms with Gasteiger partial charge in [-0.15, -0.1) is 11.3 Å². The van der Waals surface area contributed by atoms with Crippen molar-refractivity contribution in [3.63, 3.8) is 0 Å². The van der Waals surface area contributed by atoms with E-state index in [0.29, 0.717) is 12.2 Å². The van der Waals surface area contributed by atoms with Gasteiger partial charge in [0, 0.05) is 36.8 Å². The predicted octanol–water partition coefficient (Wildman–Crippen LogP) is 2.18. The highest BCUT2D eigenvalue weighted by Crippen LogP contribution is 2.27. The van der Waals surface area contributed by atoms with Crippen LogP contribution in [0.15, 0.2) is 12.4 Å². The van der Waals surface area contributed by atoms with Gasteiger partial charge >= 0.3 is 0 Å². The van der Waals surface area contributed by atoms with E-state index in [1.165, 1.54) is 0 Å². The fourth-order valence-electron chi connectivity index (χ4n) is 2.64. The number of carbonyl (C=O) groups excluding carboxylic acids is 1. The van der Waals surface area contributed by atoms with E-state index in [1.54, 1.807) is 22.2 Å². The van der Waals surface area contributed by atoms with Crippen LogP contribution in [0, 0.1) is 6.92 Å². The fourth-order valence-corrected chi connectivity index (χ4v) is 3.42. The summed E-state index contributed by atoms with van der Waals surface area (Å²) in [5.41, 5.74) is 1.47. The van der Waals surface area contributed by atoms with E-state index in [2.05, 4.69) is 15.4 Å². The van der Waals surface area contributed by atoms with Gasteiger partial charge in [-0.2, -0.15) is 5.10 Å². The molecular formula is C15H20N4O2S. The topological polar surface area (TPSA) is 69.0 Å². The number of amides is 1. The number of nitrogens with zero attached hydrogens (tertiary/aromatic N) is 3. The molecule has 3 rings (SSSR count). The maximum absolute atomic E-state index is 12.6. The molecule has 2 atom stereocenters. The van der Waals surface area contributed by atoms with Crippen LogP contribution in [0.3, 0.4) is 0 Å². The Bertz CT molecular complexity index is 673. The minimum Gasteiger partial charge on any atom is -0.381 e. The summed E-state index contributed by atoms with van der Waals surface area (Å²) in [5, 5.41) is 8.40. The summed E-state index contributed by atoms with van der Waals surface area (Å²) in [6, 6.07) is -0.112. The van der Waals surface area contributed by atoms with E-state index < -0.39 is 0 Å². The molecule has 6 nitrogen and oxygen atoms in total. The van der Waals surface area contributed by atoms with E-state index in [-0.39, 0.29) is 17.9 Å². The number of nitrogens with one attached hydrogen (secondary N) is 1. The third kappa shape index (κ3) is 3.05. The molecule has 2 aromatic heterocycles. The number of rotatable bonds is 4. The van der Waals surface area contributed by atoms with E-state index in [1.807, 2.05) is 27.1 Å². The molecule has 0 bridgehead atoms. The van der Waals surface area contributed by atoms with Crippen LogP contribution in [0.25, 0.3) is 0 Å². The molecule has 0 aliphatic carbocycles. The van der Waals surface area contributed by atoms with E-state index in [0.717, 1.165) is 28.6 Å². The average Bonchev–Trinajstić information content (AvgIpc) is 3.17. The molecule has 1 aliphatic heterocycles. The van der Waals surface area contributed by atoms with Crippen LogP contribution in [-0.4, -0.2) is 33.9 Å². The lowest BCUT2D eigenvalue weighted by atomic mass is 10.0. The van der Waals surface area contributed by atoms with E-state index >= 15 is 0 Å². The third-order valence-corrected chi connectivity index (χ3v) is 4.87. The van der Waals surface area contributed by atoms with Crippen molar-refractivity contribution in [1.82, 2.24) is 20.1 Å². The van der Waals surface area contributed by atoms with Gasteiger partial charge in [0.25, 0.3) is 5.91 Å². The second-order valence-corrected chi connectivity index (χ2v) is 6.93. The first-order valence-corrected chi connectivity index (χ1v) is 8.20. The zero-order valence-electron chi connectivity index (χ0n) is 13.0. The summed E-state index contributed by atoms with van der Waals surface area (Å²) in [6.07, 6.45) is 4.52. The Hall–Kier alpha value is -1.73. The van der Waals surface area contributed by atoms with Crippen molar-refractivity contribution in [3.05, 3.63) is 33.5 Å². The van der Waals surface area contributed by atoms with Gasteiger partial charge in [-0.3, -0.25) is 9.48 Å². The zero-order chi connectivity index (χ0) is 15.7. The first-order chi connectivity index (χ1) is 10.5. The van der Waals surface area contributed by atoms with Crippen LogP contribution < -0.4 is 5.32 Å². The molecule has 0 aromatic carbocycles. The molecule has 1 amide bonds. The molecule has 7 heteroatoms. The molecule has 0 spiro atoms. The van der Waals surface area contributed by atoms with Gasteiger partial charge in [-0.25, -0.2) is 4.98 Å². The number of aryl methyl sites for hydroxylation is 2. The van der Waals surface area contributed by atoms with Crippen LogP contribution in [-0.2, 0) is 11.8 Å². The molecule has 1 N–H and O–H groups in total. The summed E-state index contributed by atoms with van der Waals surface area (Å²) in [6.45, 7) is 5.33. The van der Waals surface area contributed by atoms with Crippen molar-refractivity contribution in [2.75, 3.05) is 13.2 Å². The zero-order valence-corrected chi connectivity index (χ0v) is 13.8. The Morgan fingerprint density at radius 3 is 3.05 bits per heavy atom. The van der Waals surface area contributed by atoms with Gasteiger partial charge < -0.3 is 10.1 Å². The molecule has 0 radical (unpaired) electrons. The Morgan fingerprint density at radius 1 is 1.59 bits per heavy atom. The van der Waals surface area contributed by atoms with Gasteiger partial charge in [-0.05, 0) is 20.3 Å². The molecule has 0 unspecified atom stereocenters. The van der Waals surface area contributed by atoms with E-state index in [4.69, 9.17) is 4.74 Å². The summed E-state index contributed by atoms with van der Waals surface area (Å²) in [4.78, 5) is 18.1.